The first-order valence-corrected chi connectivity index (χ1v) is 10.2. The topological polar surface area (TPSA) is 97.4 Å². The molecule has 1 unspecified atom stereocenters. The van der Waals surface area contributed by atoms with Crippen LogP contribution >= 0.6 is 0 Å². The van der Waals surface area contributed by atoms with Crippen LogP contribution in [0.1, 0.15) is 23.7 Å². The number of carbonyl (C=O) groups excluding carboxylic acids is 1. The highest BCUT2D eigenvalue weighted by atomic mass is 32.2. The standard InChI is InChI=1S/C13H16FNO5S2/c1-13(5-6-22(19,20)8-13)15-12(16)9-3-4-10(14)11(7-9)21(2,17)18/h3-4,7H,5-6,8H2,1-2H3,(H,15,16). The molecule has 9 heteroatoms. The van der Waals surface area contributed by atoms with Crippen LogP contribution in [0.5, 0.6) is 0 Å². The molecule has 1 aromatic carbocycles. The van der Waals surface area contributed by atoms with Crippen LogP contribution in [0.15, 0.2) is 23.1 Å². The molecule has 1 aliphatic rings. The Morgan fingerprint density at radius 1 is 1.36 bits per heavy atom. The Hall–Kier alpha value is -1.48. The van der Waals surface area contributed by atoms with Crippen molar-refractivity contribution in [3.05, 3.63) is 29.6 Å². The Balaban J connectivity index is 2.28. The van der Waals surface area contributed by atoms with Crippen LogP contribution in [0.25, 0.3) is 0 Å². The van der Waals surface area contributed by atoms with Crippen molar-refractivity contribution < 1.29 is 26.0 Å². The molecule has 6 nitrogen and oxygen atoms in total. The molecule has 1 aliphatic heterocycles. The number of rotatable bonds is 3. The first kappa shape index (κ1) is 16.9. The lowest BCUT2D eigenvalue weighted by molar-refractivity contribution is 0.0915. The van der Waals surface area contributed by atoms with Gasteiger partial charge in [0.25, 0.3) is 5.91 Å². The Labute approximate surface area is 128 Å². The molecule has 1 fully saturated rings. The third-order valence-corrected chi connectivity index (χ3v) is 6.53. The average Bonchev–Trinajstić information content (AvgIpc) is 2.62. The van der Waals surface area contributed by atoms with Gasteiger partial charge < -0.3 is 5.32 Å². The summed E-state index contributed by atoms with van der Waals surface area (Å²) in [5, 5.41) is 2.59. The first-order valence-electron chi connectivity index (χ1n) is 6.44. The summed E-state index contributed by atoms with van der Waals surface area (Å²) in [7, 11) is -6.99. The summed E-state index contributed by atoms with van der Waals surface area (Å²) in [4.78, 5) is 11.6. The van der Waals surface area contributed by atoms with Crippen LogP contribution in [0.4, 0.5) is 4.39 Å². The molecule has 122 valence electrons. The number of carbonyl (C=O) groups is 1. The van der Waals surface area contributed by atoms with E-state index in [2.05, 4.69) is 5.32 Å². The Kier molecular flexibility index (Phi) is 4.07. The van der Waals surface area contributed by atoms with Crippen LogP contribution in [0, 0.1) is 5.82 Å². The smallest absolute Gasteiger partial charge is 0.251 e. The van der Waals surface area contributed by atoms with E-state index >= 15 is 0 Å². The Bertz CT molecular complexity index is 832. The largest absolute Gasteiger partial charge is 0.346 e. The molecule has 1 amide bonds. The number of halogens is 1. The molecule has 0 saturated carbocycles. The van der Waals surface area contributed by atoms with E-state index in [0.29, 0.717) is 0 Å². The summed E-state index contributed by atoms with van der Waals surface area (Å²) in [5.74, 6) is -1.76. The summed E-state index contributed by atoms with van der Waals surface area (Å²) in [5.41, 5.74) is -0.942. The van der Waals surface area contributed by atoms with Crippen LogP contribution in [-0.4, -0.2) is 46.0 Å². The van der Waals surface area contributed by atoms with Gasteiger partial charge in [-0.2, -0.15) is 0 Å². The van der Waals surface area contributed by atoms with Gasteiger partial charge in [0.2, 0.25) is 0 Å². The lowest BCUT2D eigenvalue weighted by Crippen LogP contribution is -2.46. The second-order valence-electron chi connectivity index (χ2n) is 5.77. The molecule has 22 heavy (non-hydrogen) atoms. The third kappa shape index (κ3) is 3.64. The van der Waals surface area contributed by atoms with Crippen molar-refractivity contribution in [1.29, 1.82) is 0 Å². The van der Waals surface area contributed by atoms with Gasteiger partial charge in [0, 0.05) is 11.8 Å². The summed E-state index contributed by atoms with van der Waals surface area (Å²) >= 11 is 0. The minimum absolute atomic E-state index is 0.0121. The first-order chi connectivity index (χ1) is 9.92. The van der Waals surface area contributed by atoms with Gasteiger partial charge >= 0.3 is 0 Å². The molecule has 0 radical (unpaired) electrons. The summed E-state index contributed by atoms with van der Waals surface area (Å²) in [6, 6.07) is 3.01. The molecule has 1 aromatic rings. The van der Waals surface area contributed by atoms with E-state index in [1.54, 1.807) is 6.92 Å². The van der Waals surface area contributed by atoms with Crippen molar-refractivity contribution in [1.82, 2.24) is 5.32 Å². The number of benzene rings is 1. The molecule has 0 bridgehead atoms. The zero-order chi connectivity index (χ0) is 16.8. The van der Waals surface area contributed by atoms with Gasteiger partial charge in [-0.05, 0) is 31.5 Å². The van der Waals surface area contributed by atoms with Gasteiger partial charge in [0.1, 0.15) is 10.7 Å². The maximum absolute atomic E-state index is 13.5. The molecular formula is C13H16FNO5S2. The van der Waals surface area contributed by atoms with E-state index in [-0.39, 0.29) is 23.5 Å². The van der Waals surface area contributed by atoms with Crippen molar-refractivity contribution in [3.8, 4) is 0 Å². The Morgan fingerprint density at radius 2 is 2.00 bits per heavy atom. The molecule has 1 saturated heterocycles. The molecule has 0 spiro atoms. The van der Waals surface area contributed by atoms with E-state index in [1.165, 1.54) is 0 Å². The highest BCUT2D eigenvalue weighted by Gasteiger charge is 2.39. The van der Waals surface area contributed by atoms with Crippen molar-refractivity contribution in [3.63, 3.8) is 0 Å². The summed E-state index contributed by atoms with van der Waals surface area (Å²) in [6.07, 6.45) is 1.12. The number of amides is 1. The van der Waals surface area contributed by atoms with Gasteiger partial charge in [-0.3, -0.25) is 4.79 Å². The van der Waals surface area contributed by atoms with E-state index in [1.807, 2.05) is 0 Å². The van der Waals surface area contributed by atoms with E-state index in [4.69, 9.17) is 0 Å². The van der Waals surface area contributed by atoms with Crippen LogP contribution in [-0.2, 0) is 19.7 Å². The van der Waals surface area contributed by atoms with Crippen molar-refractivity contribution in [2.75, 3.05) is 17.8 Å². The minimum atomic E-state index is -3.80. The number of nitrogens with one attached hydrogen (secondary N) is 1. The average molecular weight is 349 g/mol. The lowest BCUT2D eigenvalue weighted by atomic mass is 10.0. The van der Waals surface area contributed by atoms with Crippen molar-refractivity contribution in [2.45, 2.75) is 23.8 Å². The third-order valence-electron chi connectivity index (χ3n) is 3.51. The Morgan fingerprint density at radius 3 is 2.50 bits per heavy atom. The number of sulfone groups is 2. The SMILES string of the molecule is CC1(NC(=O)c2ccc(F)c(S(C)(=O)=O)c2)CCS(=O)(=O)C1. The zero-order valence-electron chi connectivity index (χ0n) is 12.1. The molecule has 0 aromatic heterocycles. The van der Waals surface area contributed by atoms with Gasteiger partial charge in [0.15, 0.2) is 19.7 Å². The van der Waals surface area contributed by atoms with Gasteiger partial charge in [0.05, 0.1) is 17.0 Å². The predicted octanol–water partition coefficient (Wildman–Crippen LogP) is 0.536. The molecule has 2 rings (SSSR count). The summed E-state index contributed by atoms with van der Waals surface area (Å²) in [6.45, 7) is 1.61. The molecule has 1 atom stereocenters. The van der Waals surface area contributed by atoms with E-state index < -0.39 is 41.8 Å². The zero-order valence-corrected chi connectivity index (χ0v) is 13.7. The monoisotopic (exact) mass is 349 g/mol. The molecule has 1 heterocycles. The second-order valence-corrected chi connectivity index (χ2v) is 9.94. The van der Waals surface area contributed by atoms with Gasteiger partial charge in [-0.25, -0.2) is 21.2 Å². The fraction of sp³-hybridized carbons (Fsp3) is 0.462. The van der Waals surface area contributed by atoms with Crippen LogP contribution in [0.2, 0.25) is 0 Å². The second kappa shape index (κ2) is 5.31. The van der Waals surface area contributed by atoms with Gasteiger partial charge in [-0.15, -0.1) is 0 Å². The number of hydrogen-bond donors (Lipinski definition) is 1. The van der Waals surface area contributed by atoms with Crippen molar-refractivity contribution in [2.24, 2.45) is 0 Å². The van der Waals surface area contributed by atoms with E-state index in [9.17, 15) is 26.0 Å². The molecular weight excluding hydrogens is 333 g/mol. The maximum Gasteiger partial charge on any atom is 0.251 e. The highest BCUT2D eigenvalue weighted by Crippen LogP contribution is 2.24. The lowest BCUT2D eigenvalue weighted by Gasteiger charge is -2.24. The molecule has 1 N–H and O–H groups in total. The fourth-order valence-corrected chi connectivity index (χ4v) is 5.24. The summed E-state index contributed by atoms with van der Waals surface area (Å²) < 4.78 is 59.5. The van der Waals surface area contributed by atoms with Crippen LogP contribution < -0.4 is 5.32 Å². The normalized spacial score (nSPS) is 24.1. The van der Waals surface area contributed by atoms with Crippen LogP contribution in [0.3, 0.4) is 0 Å². The predicted molar refractivity (Wildman–Crippen MR) is 78.7 cm³/mol. The van der Waals surface area contributed by atoms with Crippen molar-refractivity contribution >= 4 is 25.6 Å². The fourth-order valence-electron chi connectivity index (χ4n) is 2.38. The quantitative estimate of drug-likeness (QED) is 0.859. The minimum Gasteiger partial charge on any atom is -0.346 e. The highest BCUT2D eigenvalue weighted by molar-refractivity contribution is 7.91. The van der Waals surface area contributed by atoms with E-state index in [0.717, 1.165) is 24.5 Å². The maximum atomic E-state index is 13.5. The molecule has 0 aliphatic carbocycles. The number of hydrogen-bond acceptors (Lipinski definition) is 5. The van der Waals surface area contributed by atoms with Gasteiger partial charge in [-0.1, -0.05) is 0 Å².